The fourth-order valence-corrected chi connectivity index (χ4v) is 5.49. The third kappa shape index (κ3) is 2.46. The Balaban J connectivity index is 1.83. The summed E-state index contributed by atoms with van der Waals surface area (Å²) in [6.07, 6.45) is 2.01. The second-order valence-electron chi connectivity index (χ2n) is 6.43. The van der Waals surface area contributed by atoms with Gasteiger partial charge in [0.2, 0.25) is 0 Å². The molecule has 0 spiro atoms. The number of morpholine rings is 1. The number of hydrogen-bond acceptors (Lipinski definition) is 7. The van der Waals surface area contributed by atoms with Crippen LogP contribution in [0, 0.1) is 6.92 Å². The van der Waals surface area contributed by atoms with Gasteiger partial charge < -0.3 is 9.64 Å². The largest absolute Gasteiger partial charge is 0.378 e. The minimum Gasteiger partial charge on any atom is -0.378 e. The number of ether oxygens (including phenoxy) is 1. The van der Waals surface area contributed by atoms with Crippen molar-refractivity contribution in [3.63, 3.8) is 0 Å². The highest BCUT2D eigenvalue weighted by atomic mass is 32.2. The highest BCUT2D eigenvalue weighted by molar-refractivity contribution is 7.89. The van der Waals surface area contributed by atoms with Gasteiger partial charge in [0, 0.05) is 18.7 Å². The Labute approximate surface area is 145 Å². The van der Waals surface area contributed by atoms with E-state index >= 15 is 0 Å². The Bertz CT molecular complexity index is 894. The average Bonchev–Trinajstić information content (AvgIpc) is 3.09. The molecule has 2 aromatic rings. The number of thiazole rings is 1. The monoisotopic (exact) mass is 368 g/mol. The van der Waals surface area contributed by atoms with Crippen molar-refractivity contribution in [3.05, 3.63) is 17.0 Å². The molecule has 1 saturated heterocycles. The molecule has 2 aliphatic rings. The molecule has 2 aromatic heterocycles. The fraction of sp³-hybridized carbons (Fsp3) is 0.600. The minimum atomic E-state index is -3.40. The van der Waals surface area contributed by atoms with Crippen LogP contribution in [0.1, 0.15) is 29.8 Å². The summed E-state index contributed by atoms with van der Waals surface area (Å²) in [6, 6.07) is 0. The quantitative estimate of drug-likeness (QED) is 0.802. The summed E-state index contributed by atoms with van der Waals surface area (Å²) in [7, 11) is -3.40. The molecule has 1 aliphatic heterocycles. The maximum atomic E-state index is 12.0. The van der Waals surface area contributed by atoms with Crippen LogP contribution in [0.5, 0.6) is 0 Å². The Kier molecular flexibility index (Phi) is 3.70. The molecule has 1 aliphatic carbocycles. The van der Waals surface area contributed by atoms with Crippen molar-refractivity contribution in [2.75, 3.05) is 37.5 Å². The first kappa shape index (κ1) is 16.0. The normalized spacial score (nSPS) is 20.8. The lowest BCUT2D eigenvalue weighted by atomic mass is 9.88. The first-order valence-corrected chi connectivity index (χ1v) is 10.7. The van der Waals surface area contributed by atoms with Crippen molar-refractivity contribution in [1.29, 1.82) is 0 Å². The zero-order valence-corrected chi connectivity index (χ0v) is 15.6. The van der Waals surface area contributed by atoms with Gasteiger partial charge in [0.1, 0.15) is 5.69 Å². The van der Waals surface area contributed by atoms with Crippen molar-refractivity contribution < 1.29 is 13.2 Å². The standard InChI is InChI=1S/C15H20N4O3S2/c1-9-8-11-14(23-15(16-11)18-4-6-22-7-5-18)13-12(9)10(2)19(17-13)24(3,20)21/h9H,4-8H2,1-3H3. The summed E-state index contributed by atoms with van der Waals surface area (Å²) in [5.41, 5.74) is 3.56. The highest BCUT2D eigenvalue weighted by Crippen LogP contribution is 2.45. The molecule has 0 amide bonds. The Morgan fingerprint density at radius 2 is 2.00 bits per heavy atom. The number of anilines is 1. The molecule has 7 nitrogen and oxygen atoms in total. The van der Waals surface area contributed by atoms with Crippen molar-refractivity contribution in [3.8, 4) is 10.6 Å². The first-order chi connectivity index (χ1) is 11.4. The topological polar surface area (TPSA) is 77.3 Å². The predicted octanol–water partition coefficient (Wildman–Crippen LogP) is 1.62. The van der Waals surface area contributed by atoms with Crippen molar-refractivity contribution >= 4 is 26.5 Å². The molecule has 9 heteroatoms. The van der Waals surface area contributed by atoms with Crippen LogP contribution in [0.15, 0.2) is 0 Å². The van der Waals surface area contributed by atoms with Crippen molar-refractivity contribution in [2.24, 2.45) is 0 Å². The van der Waals surface area contributed by atoms with Crippen LogP contribution in [0.2, 0.25) is 0 Å². The molecule has 4 rings (SSSR count). The van der Waals surface area contributed by atoms with Gasteiger partial charge in [0.15, 0.2) is 5.13 Å². The van der Waals surface area contributed by atoms with Crippen molar-refractivity contribution in [1.82, 2.24) is 14.2 Å². The summed E-state index contributed by atoms with van der Waals surface area (Å²) in [5.74, 6) is 0.211. The van der Waals surface area contributed by atoms with Crippen LogP contribution in [-0.2, 0) is 21.2 Å². The van der Waals surface area contributed by atoms with Crippen LogP contribution in [0.3, 0.4) is 0 Å². The molecule has 1 unspecified atom stereocenters. The summed E-state index contributed by atoms with van der Waals surface area (Å²) in [4.78, 5) is 8.06. The third-order valence-electron chi connectivity index (χ3n) is 4.61. The molecule has 1 atom stereocenters. The van der Waals surface area contributed by atoms with E-state index in [1.165, 1.54) is 6.26 Å². The number of aromatic nitrogens is 3. The number of nitrogens with zero attached hydrogens (tertiary/aromatic N) is 4. The van der Waals surface area contributed by atoms with Gasteiger partial charge >= 0.3 is 0 Å². The third-order valence-corrected chi connectivity index (χ3v) is 6.76. The van der Waals surface area contributed by atoms with Gasteiger partial charge in [0.05, 0.1) is 35.7 Å². The lowest BCUT2D eigenvalue weighted by molar-refractivity contribution is 0.122. The van der Waals surface area contributed by atoms with E-state index in [1.807, 2.05) is 6.92 Å². The molecule has 0 bridgehead atoms. The SMILES string of the molecule is Cc1c2c(nn1S(C)(=O)=O)-c1sc(N3CCOCC3)nc1CC2C. The van der Waals surface area contributed by atoms with E-state index in [2.05, 4.69) is 16.9 Å². The van der Waals surface area contributed by atoms with E-state index in [9.17, 15) is 8.42 Å². The Morgan fingerprint density at radius 3 is 2.67 bits per heavy atom. The van der Waals surface area contributed by atoms with E-state index < -0.39 is 10.0 Å². The van der Waals surface area contributed by atoms with Crippen LogP contribution in [0.4, 0.5) is 5.13 Å². The zero-order chi connectivity index (χ0) is 17.1. The van der Waals surface area contributed by atoms with Gasteiger partial charge in [-0.3, -0.25) is 0 Å². The summed E-state index contributed by atoms with van der Waals surface area (Å²) < 4.78 is 30.6. The van der Waals surface area contributed by atoms with E-state index in [-0.39, 0.29) is 5.92 Å². The molecule has 3 heterocycles. The van der Waals surface area contributed by atoms with Crippen LogP contribution >= 0.6 is 11.3 Å². The fourth-order valence-electron chi connectivity index (χ4n) is 3.52. The Morgan fingerprint density at radius 1 is 1.29 bits per heavy atom. The molecular formula is C15H20N4O3S2. The molecule has 1 fully saturated rings. The van der Waals surface area contributed by atoms with E-state index in [4.69, 9.17) is 9.72 Å². The smallest absolute Gasteiger partial charge is 0.251 e. The summed E-state index contributed by atoms with van der Waals surface area (Å²) in [6.45, 7) is 7.05. The molecular weight excluding hydrogens is 348 g/mol. The zero-order valence-electron chi connectivity index (χ0n) is 13.9. The van der Waals surface area contributed by atoms with E-state index in [1.54, 1.807) is 11.3 Å². The van der Waals surface area contributed by atoms with Crippen molar-refractivity contribution in [2.45, 2.75) is 26.2 Å². The number of hydrogen-bond donors (Lipinski definition) is 0. The molecule has 0 radical (unpaired) electrons. The average molecular weight is 368 g/mol. The summed E-state index contributed by atoms with van der Waals surface area (Å²) >= 11 is 1.61. The molecule has 24 heavy (non-hydrogen) atoms. The maximum Gasteiger partial charge on any atom is 0.251 e. The van der Waals surface area contributed by atoms with Crippen LogP contribution in [-0.4, -0.2) is 55.1 Å². The van der Waals surface area contributed by atoms with Gasteiger partial charge in [-0.15, -0.1) is 0 Å². The van der Waals surface area contributed by atoms with Gasteiger partial charge in [-0.05, 0) is 19.3 Å². The molecule has 0 saturated carbocycles. The second kappa shape index (κ2) is 5.53. The molecule has 130 valence electrons. The Hall–Kier alpha value is -1.45. The van der Waals surface area contributed by atoms with Crippen LogP contribution in [0.25, 0.3) is 10.6 Å². The second-order valence-corrected chi connectivity index (χ2v) is 9.22. The lowest BCUT2D eigenvalue weighted by Gasteiger charge is -2.26. The highest BCUT2D eigenvalue weighted by Gasteiger charge is 2.33. The van der Waals surface area contributed by atoms with E-state index in [0.29, 0.717) is 18.9 Å². The minimum absolute atomic E-state index is 0.211. The van der Waals surface area contributed by atoms with Crippen LogP contribution < -0.4 is 4.90 Å². The molecule has 0 aromatic carbocycles. The lowest BCUT2D eigenvalue weighted by Crippen LogP contribution is -2.36. The van der Waals surface area contributed by atoms with Gasteiger partial charge in [-0.2, -0.15) is 9.19 Å². The predicted molar refractivity (Wildman–Crippen MR) is 93.5 cm³/mol. The van der Waals surface area contributed by atoms with Gasteiger partial charge in [-0.1, -0.05) is 18.3 Å². The van der Waals surface area contributed by atoms with Gasteiger partial charge in [0.25, 0.3) is 10.0 Å². The van der Waals surface area contributed by atoms with Gasteiger partial charge in [-0.25, -0.2) is 13.4 Å². The molecule has 0 N–H and O–H groups in total. The van der Waals surface area contributed by atoms with E-state index in [0.717, 1.165) is 50.6 Å². The first-order valence-electron chi connectivity index (χ1n) is 7.99. The summed E-state index contributed by atoms with van der Waals surface area (Å²) in [5, 5.41) is 5.41. The maximum absolute atomic E-state index is 12.0. The number of fused-ring (bicyclic) bond motifs is 3. The number of rotatable bonds is 2.